The molecule has 1 unspecified atom stereocenters. The third-order valence-corrected chi connectivity index (χ3v) is 4.00. The predicted octanol–water partition coefficient (Wildman–Crippen LogP) is 1.35. The zero-order valence-electron chi connectivity index (χ0n) is 10.1. The van der Waals surface area contributed by atoms with Crippen LogP contribution in [0.1, 0.15) is 13.3 Å². The molecule has 0 spiro atoms. The number of benzene rings is 1. The van der Waals surface area contributed by atoms with Crippen LogP contribution in [0, 0.1) is 17.6 Å². The second-order valence-electron chi connectivity index (χ2n) is 3.87. The smallest absolute Gasteiger partial charge is 0.307 e. The van der Waals surface area contributed by atoms with Gasteiger partial charge >= 0.3 is 5.97 Å². The average molecular weight is 293 g/mol. The Morgan fingerprint density at radius 1 is 1.42 bits per heavy atom. The number of carboxylic acid groups (broad SMARTS) is 1. The number of rotatable bonds is 6. The highest BCUT2D eigenvalue weighted by Crippen LogP contribution is 2.15. The molecule has 0 radical (unpaired) electrons. The lowest BCUT2D eigenvalue weighted by molar-refractivity contribution is -0.141. The third-order valence-electron chi connectivity index (χ3n) is 2.55. The number of hydrogen-bond acceptors (Lipinski definition) is 3. The molecule has 1 rings (SSSR count). The summed E-state index contributed by atoms with van der Waals surface area (Å²) in [6.45, 7) is 1.23. The maximum Gasteiger partial charge on any atom is 0.307 e. The lowest BCUT2D eigenvalue weighted by Crippen LogP contribution is -2.33. The van der Waals surface area contributed by atoms with Crippen LogP contribution in [0.25, 0.3) is 0 Å². The van der Waals surface area contributed by atoms with Gasteiger partial charge in [-0.1, -0.05) is 6.92 Å². The van der Waals surface area contributed by atoms with E-state index in [2.05, 4.69) is 0 Å². The molecule has 0 aliphatic heterocycles. The zero-order chi connectivity index (χ0) is 14.6. The van der Waals surface area contributed by atoms with Gasteiger partial charge in [-0.15, -0.1) is 0 Å². The monoisotopic (exact) mass is 293 g/mol. The Bertz CT molecular complexity index is 574. The van der Waals surface area contributed by atoms with E-state index in [-0.39, 0.29) is 13.0 Å². The van der Waals surface area contributed by atoms with Gasteiger partial charge in [-0.25, -0.2) is 21.9 Å². The number of carboxylic acids is 1. The minimum absolute atomic E-state index is 0.226. The maximum absolute atomic E-state index is 13.3. The van der Waals surface area contributed by atoms with Crippen LogP contribution < -0.4 is 4.72 Å². The Kier molecular flexibility index (Phi) is 4.96. The van der Waals surface area contributed by atoms with Crippen molar-refractivity contribution in [3.8, 4) is 0 Å². The average Bonchev–Trinajstić information content (AvgIpc) is 2.28. The van der Waals surface area contributed by atoms with Crippen LogP contribution in [-0.4, -0.2) is 26.0 Å². The first kappa shape index (κ1) is 15.5. The van der Waals surface area contributed by atoms with E-state index in [0.717, 1.165) is 12.1 Å². The second-order valence-corrected chi connectivity index (χ2v) is 5.61. The second kappa shape index (κ2) is 6.07. The molecule has 106 valence electrons. The van der Waals surface area contributed by atoms with Gasteiger partial charge in [0.15, 0.2) is 0 Å². The van der Waals surface area contributed by atoms with Crippen molar-refractivity contribution >= 4 is 16.0 Å². The van der Waals surface area contributed by atoms with Gasteiger partial charge in [0, 0.05) is 12.6 Å². The Morgan fingerprint density at radius 3 is 2.53 bits per heavy atom. The van der Waals surface area contributed by atoms with Crippen LogP contribution in [-0.2, 0) is 14.8 Å². The highest BCUT2D eigenvalue weighted by atomic mass is 32.2. The van der Waals surface area contributed by atoms with Crippen molar-refractivity contribution in [1.82, 2.24) is 4.72 Å². The zero-order valence-corrected chi connectivity index (χ0v) is 10.9. The van der Waals surface area contributed by atoms with Crippen molar-refractivity contribution in [1.29, 1.82) is 0 Å². The van der Waals surface area contributed by atoms with Gasteiger partial charge in [0.1, 0.15) is 16.5 Å². The van der Waals surface area contributed by atoms with Gasteiger partial charge < -0.3 is 5.11 Å². The molecule has 0 saturated heterocycles. The first-order valence-corrected chi connectivity index (χ1v) is 6.93. The molecule has 0 aliphatic rings. The maximum atomic E-state index is 13.3. The van der Waals surface area contributed by atoms with Gasteiger partial charge in [0.05, 0.1) is 5.92 Å². The van der Waals surface area contributed by atoms with E-state index in [4.69, 9.17) is 5.11 Å². The van der Waals surface area contributed by atoms with E-state index in [1.54, 1.807) is 6.92 Å². The molecule has 1 atom stereocenters. The fourth-order valence-corrected chi connectivity index (χ4v) is 2.53. The molecule has 1 aromatic rings. The number of nitrogens with one attached hydrogen (secondary N) is 1. The van der Waals surface area contributed by atoms with E-state index < -0.39 is 38.4 Å². The molecule has 5 nitrogen and oxygen atoms in total. The summed E-state index contributed by atoms with van der Waals surface area (Å²) in [5.41, 5.74) is 0. The molecule has 0 aromatic heterocycles. The van der Waals surface area contributed by atoms with Crippen molar-refractivity contribution in [3.63, 3.8) is 0 Å². The molecule has 0 saturated carbocycles. The normalized spacial score (nSPS) is 13.2. The third kappa shape index (κ3) is 3.97. The van der Waals surface area contributed by atoms with Crippen molar-refractivity contribution in [2.24, 2.45) is 5.92 Å². The van der Waals surface area contributed by atoms with Crippen LogP contribution in [0.4, 0.5) is 8.78 Å². The summed E-state index contributed by atoms with van der Waals surface area (Å²) >= 11 is 0. The molecule has 8 heteroatoms. The summed E-state index contributed by atoms with van der Waals surface area (Å²) in [4.78, 5) is 10.0. The van der Waals surface area contributed by atoms with E-state index >= 15 is 0 Å². The molecule has 0 bridgehead atoms. The lowest BCUT2D eigenvalue weighted by atomic mass is 10.1. The van der Waals surface area contributed by atoms with Gasteiger partial charge in [0.2, 0.25) is 10.0 Å². The number of hydrogen-bond donors (Lipinski definition) is 2. The summed E-state index contributed by atoms with van der Waals surface area (Å²) < 4.78 is 51.5. The van der Waals surface area contributed by atoms with E-state index in [9.17, 15) is 22.0 Å². The van der Waals surface area contributed by atoms with Crippen molar-refractivity contribution in [3.05, 3.63) is 29.8 Å². The molecule has 1 aromatic carbocycles. The highest BCUT2D eigenvalue weighted by molar-refractivity contribution is 7.89. The van der Waals surface area contributed by atoms with E-state index in [0.29, 0.717) is 6.07 Å². The van der Waals surface area contributed by atoms with Crippen LogP contribution in [0.3, 0.4) is 0 Å². The van der Waals surface area contributed by atoms with Crippen LogP contribution in [0.15, 0.2) is 23.1 Å². The van der Waals surface area contributed by atoms with Gasteiger partial charge in [0.25, 0.3) is 0 Å². The summed E-state index contributed by atoms with van der Waals surface area (Å²) in [5.74, 6) is -4.17. The predicted molar refractivity (Wildman–Crippen MR) is 63.0 cm³/mol. The number of carbonyl (C=O) groups is 1. The van der Waals surface area contributed by atoms with Gasteiger partial charge in [-0.2, -0.15) is 0 Å². The first-order valence-electron chi connectivity index (χ1n) is 5.45. The molecular formula is C11H13F2NO4S. The number of sulfonamides is 1. The molecule has 2 N–H and O–H groups in total. The van der Waals surface area contributed by atoms with Crippen molar-refractivity contribution in [2.45, 2.75) is 18.2 Å². The lowest BCUT2D eigenvalue weighted by Gasteiger charge is -2.12. The molecule has 0 amide bonds. The Balaban J connectivity index is 2.90. The number of halogens is 2. The first-order chi connectivity index (χ1) is 8.77. The standard InChI is InChI=1S/C11H13F2NO4S/c1-2-7(11(15)16)6-14-19(17,18)10-4-3-8(12)5-9(10)13/h3-5,7,14H,2,6H2,1H3,(H,15,16). The summed E-state index contributed by atoms with van der Waals surface area (Å²) in [6.07, 6.45) is 0.226. The molecule has 0 aliphatic carbocycles. The van der Waals surface area contributed by atoms with Crippen molar-refractivity contribution < 1.29 is 27.1 Å². The Labute approximate surface area is 109 Å². The number of aliphatic carboxylic acids is 1. The summed E-state index contributed by atoms with van der Waals surface area (Å²) in [6, 6.07) is 2.05. The Hall–Kier alpha value is -1.54. The fraction of sp³-hybridized carbons (Fsp3) is 0.364. The van der Waals surface area contributed by atoms with Crippen LogP contribution >= 0.6 is 0 Å². The molecule has 0 fully saturated rings. The Morgan fingerprint density at radius 2 is 2.05 bits per heavy atom. The van der Waals surface area contributed by atoms with E-state index in [1.807, 2.05) is 4.72 Å². The van der Waals surface area contributed by atoms with E-state index in [1.165, 1.54) is 0 Å². The minimum Gasteiger partial charge on any atom is -0.481 e. The quantitative estimate of drug-likeness (QED) is 0.829. The summed E-state index contributed by atoms with van der Waals surface area (Å²) in [5, 5.41) is 8.77. The fourth-order valence-electron chi connectivity index (χ4n) is 1.39. The minimum atomic E-state index is -4.20. The van der Waals surface area contributed by atoms with Gasteiger partial charge in [-0.05, 0) is 18.6 Å². The summed E-state index contributed by atoms with van der Waals surface area (Å²) in [7, 11) is -4.20. The largest absolute Gasteiger partial charge is 0.481 e. The molecule has 0 heterocycles. The van der Waals surface area contributed by atoms with Gasteiger partial charge in [-0.3, -0.25) is 4.79 Å². The SMILES string of the molecule is CCC(CNS(=O)(=O)c1ccc(F)cc1F)C(=O)O. The molecular weight excluding hydrogens is 280 g/mol. The van der Waals surface area contributed by atoms with Crippen LogP contribution in [0.2, 0.25) is 0 Å². The van der Waals surface area contributed by atoms with Crippen molar-refractivity contribution in [2.75, 3.05) is 6.54 Å². The molecule has 19 heavy (non-hydrogen) atoms. The highest BCUT2D eigenvalue weighted by Gasteiger charge is 2.23. The van der Waals surface area contributed by atoms with Crippen LogP contribution in [0.5, 0.6) is 0 Å². The topological polar surface area (TPSA) is 83.5 Å².